The highest BCUT2D eigenvalue weighted by atomic mass is 31.2. The highest BCUT2D eigenvalue weighted by Gasteiger charge is 2.40. The van der Waals surface area contributed by atoms with Crippen LogP contribution < -0.4 is 0 Å². The maximum atomic E-state index is 13.1. The fourth-order valence-electron chi connectivity index (χ4n) is 2.77. The Morgan fingerprint density at radius 2 is 1.69 bits per heavy atom. The van der Waals surface area contributed by atoms with Crippen molar-refractivity contribution in [2.45, 2.75) is 52.2 Å². The molecule has 0 spiro atoms. The quantitative estimate of drug-likeness (QED) is 0.598. The Kier molecular flexibility index (Phi) is 8.26. The van der Waals surface area contributed by atoms with E-state index in [4.69, 9.17) is 9.26 Å². The fourth-order valence-corrected chi connectivity index (χ4v) is 4.69. The van der Waals surface area contributed by atoms with E-state index in [0.29, 0.717) is 45.8 Å². The molecule has 0 bridgehead atoms. The second-order valence-electron chi connectivity index (χ2n) is 7.92. The minimum absolute atomic E-state index is 0.0935. The molecule has 9 heteroatoms. The van der Waals surface area contributed by atoms with E-state index in [1.807, 2.05) is 11.6 Å². The van der Waals surface area contributed by atoms with Crippen LogP contribution in [-0.4, -0.2) is 89.9 Å². The Bertz CT molecular complexity index is 511. The van der Waals surface area contributed by atoms with Crippen molar-refractivity contribution in [3.05, 3.63) is 0 Å². The summed E-state index contributed by atoms with van der Waals surface area (Å²) in [6.45, 7) is 11.3. The number of ether oxygens (including phenoxy) is 1. The number of piperazine rings is 1. The van der Waals surface area contributed by atoms with Gasteiger partial charge < -0.3 is 19.3 Å². The Labute approximate surface area is 158 Å². The lowest BCUT2D eigenvalue weighted by Crippen LogP contribution is -2.54. The molecule has 1 heterocycles. The van der Waals surface area contributed by atoms with Crippen LogP contribution in [0, 0.1) is 0 Å². The van der Waals surface area contributed by atoms with Crippen molar-refractivity contribution < 1.29 is 23.7 Å². The SMILES string of the molecule is CCOP(=O)(N(C)C)N1CCN(C(=O)C(C)(C)OCCC(C)(C)O)CC1. The average Bonchev–Trinajstić information content (AvgIpc) is 2.52. The molecule has 1 N–H and O–H groups in total. The Balaban J connectivity index is 2.63. The van der Waals surface area contributed by atoms with Gasteiger partial charge in [0.05, 0.1) is 18.8 Å². The van der Waals surface area contributed by atoms with Crippen LogP contribution in [0.2, 0.25) is 0 Å². The van der Waals surface area contributed by atoms with Crippen molar-refractivity contribution in [3.8, 4) is 0 Å². The Morgan fingerprint density at radius 3 is 2.12 bits per heavy atom. The van der Waals surface area contributed by atoms with Gasteiger partial charge in [-0.2, -0.15) is 0 Å². The van der Waals surface area contributed by atoms with Gasteiger partial charge in [-0.3, -0.25) is 9.36 Å². The molecule has 0 aliphatic carbocycles. The molecule has 26 heavy (non-hydrogen) atoms. The van der Waals surface area contributed by atoms with Crippen molar-refractivity contribution in [2.75, 3.05) is 53.5 Å². The van der Waals surface area contributed by atoms with Crippen molar-refractivity contribution in [1.29, 1.82) is 0 Å². The number of carbonyl (C=O) groups excluding carboxylic acids is 1. The summed E-state index contributed by atoms with van der Waals surface area (Å²) in [5.74, 6) is -0.0935. The number of aliphatic hydroxyl groups is 1. The van der Waals surface area contributed by atoms with Gasteiger partial charge in [-0.15, -0.1) is 0 Å². The van der Waals surface area contributed by atoms with Crippen LogP contribution in [0.4, 0.5) is 0 Å². The molecular weight excluding hydrogens is 357 g/mol. The highest BCUT2D eigenvalue weighted by Crippen LogP contribution is 2.52. The predicted molar refractivity (Wildman–Crippen MR) is 102 cm³/mol. The maximum absolute atomic E-state index is 13.1. The normalized spacial score (nSPS) is 19.7. The maximum Gasteiger partial charge on any atom is 0.345 e. The van der Waals surface area contributed by atoms with Crippen molar-refractivity contribution in [2.24, 2.45) is 0 Å². The minimum atomic E-state index is -3.03. The summed E-state index contributed by atoms with van der Waals surface area (Å²) in [6.07, 6.45) is 0.456. The minimum Gasteiger partial charge on any atom is -0.390 e. The van der Waals surface area contributed by atoms with Gasteiger partial charge in [0, 0.05) is 26.2 Å². The van der Waals surface area contributed by atoms with Gasteiger partial charge in [-0.25, -0.2) is 9.34 Å². The summed E-state index contributed by atoms with van der Waals surface area (Å²) in [5, 5.41) is 9.77. The van der Waals surface area contributed by atoms with E-state index in [-0.39, 0.29) is 5.91 Å². The lowest BCUT2D eigenvalue weighted by atomic mass is 10.0. The van der Waals surface area contributed by atoms with E-state index in [1.54, 1.807) is 51.4 Å². The van der Waals surface area contributed by atoms with Gasteiger partial charge in [0.15, 0.2) is 0 Å². The third-order valence-electron chi connectivity index (χ3n) is 4.40. The predicted octanol–water partition coefficient (Wildman–Crippen LogP) is 1.79. The average molecular weight is 393 g/mol. The van der Waals surface area contributed by atoms with Crippen LogP contribution in [0.25, 0.3) is 0 Å². The third-order valence-corrected chi connectivity index (χ3v) is 7.12. The summed E-state index contributed by atoms with van der Waals surface area (Å²) in [6, 6.07) is 0. The zero-order chi connectivity index (χ0) is 20.2. The number of hydrogen-bond donors (Lipinski definition) is 1. The summed E-state index contributed by atoms with van der Waals surface area (Å²) in [4.78, 5) is 14.5. The lowest BCUT2D eigenvalue weighted by molar-refractivity contribution is -0.157. The van der Waals surface area contributed by atoms with Crippen molar-refractivity contribution in [1.82, 2.24) is 14.2 Å². The first-order valence-electron chi connectivity index (χ1n) is 9.17. The summed E-state index contributed by atoms with van der Waals surface area (Å²) >= 11 is 0. The van der Waals surface area contributed by atoms with Gasteiger partial charge in [0.2, 0.25) is 0 Å². The first-order valence-corrected chi connectivity index (χ1v) is 10.7. The largest absolute Gasteiger partial charge is 0.390 e. The van der Waals surface area contributed by atoms with Crippen LogP contribution >= 0.6 is 7.67 Å². The van der Waals surface area contributed by atoms with Crippen LogP contribution in [-0.2, 0) is 18.6 Å². The van der Waals surface area contributed by atoms with E-state index in [9.17, 15) is 14.5 Å². The van der Waals surface area contributed by atoms with Crippen LogP contribution in [0.3, 0.4) is 0 Å². The fraction of sp³-hybridized carbons (Fsp3) is 0.941. The smallest absolute Gasteiger partial charge is 0.345 e. The topological polar surface area (TPSA) is 82.6 Å². The Morgan fingerprint density at radius 1 is 1.15 bits per heavy atom. The van der Waals surface area contributed by atoms with Gasteiger partial charge in [-0.1, -0.05) is 0 Å². The number of rotatable bonds is 9. The lowest BCUT2D eigenvalue weighted by Gasteiger charge is -2.42. The van der Waals surface area contributed by atoms with E-state index in [2.05, 4.69) is 0 Å². The molecule has 0 radical (unpaired) electrons. The standard InChI is InChI=1S/C17H36N3O5P/c1-8-25-26(23,18(6)7)20-12-10-19(11-13-20)15(21)17(4,5)24-14-9-16(2,3)22/h22H,8-14H2,1-7H3. The molecule has 1 aliphatic heterocycles. The number of amides is 1. The highest BCUT2D eigenvalue weighted by molar-refractivity contribution is 7.53. The number of nitrogens with zero attached hydrogens (tertiary/aromatic N) is 3. The van der Waals surface area contributed by atoms with Gasteiger partial charge in [0.1, 0.15) is 5.60 Å². The van der Waals surface area contributed by atoms with Crippen LogP contribution in [0.15, 0.2) is 0 Å². The first kappa shape index (κ1) is 23.5. The Hall–Kier alpha value is -0.500. The molecule has 1 amide bonds. The van der Waals surface area contributed by atoms with E-state index in [1.165, 1.54) is 0 Å². The van der Waals surface area contributed by atoms with E-state index in [0.717, 1.165) is 0 Å². The van der Waals surface area contributed by atoms with Crippen LogP contribution in [0.5, 0.6) is 0 Å². The number of hydrogen-bond acceptors (Lipinski definition) is 5. The molecular formula is C17H36N3O5P. The molecule has 0 aromatic rings. The molecule has 154 valence electrons. The molecule has 0 aromatic carbocycles. The molecule has 8 nitrogen and oxygen atoms in total. The third kappa shape index (κ3) is 6.29. The monoisotopic (exact) mass is 393 g/mol. The zero-order valence-corrected chi connectivity index (χ0v) is 18.2. The molecule has 1 fully saturated rings. The molecule has 1 rings (SSSR count). The second-order valence-corrected chi connectivity index (χ2v) is 10.5. The molecule has 1 atom stereocenters. The summed E-state index contributed by atoms with van der Waals surface area (Å²) in [7, 11) is 0.457. The van der Waals surface area contributed by atoms with E-state index >= 15 is 0 Å². The van der Waals surface area contributed by atoms with Gasteiger partial charge >= 0.3 is 7.67 Å². The summed E-state index contributed by atoms with van der Waals surface area (Å²) < 4.78 is 27.8. The van der Waals surface area contributed by atoms with Crippen molar-refractivity contribution in [3.63, 3.8) is 0 Å². The zero-order valence-electron chi connectivity index (χ0n) is 17.3. The molecule has 1 unspecified atom stereocenters. The van der Waals surface area contributed by atoms with Gasteiger partial charge in [0.25, 0.3) is 5.91 Å². The first-order chi connectivity index (χ1) is 11.8. The second kappa shape index (κ2) is 9.13. The van der Waals surface area contributed by atoms with Crippen molar-refractivity contribution >= 4 is 13.6 Å². The molecule has 0 aromatic heterocycles. The van der Waals surface area contributed by atoms with Crippen LogP contribution in [0.1, 0.15) is 41.0 Å². The summed E-state index contributed by atoms with van der Waals surface area (Å²) in [5.41, 5.74) is -1.78. The molecule has 1 saturated heterocycles. The van der Waals surface area contributed by atoms with Gasteiger partial charge in [-0.05, 0) is 55.1 Å². The van der Waals surface area contributed by atoms with E-state index < -0.39 is 18.9 Å². The number of carbonyl (C=O) groups is 1. The molecule has 0 saturated carbocycles. The molecule has 1 aliphatic rings.